The zero-order valence-corrected chi connectivity index (χ0v) is 14.2. The molecule has 1 aliphatic rings. The summed E-state index contributed by atoms with van der Waals surface area (Å²) in [6.07, 6.45) is 4.92. The van der Waals surface area contributed by atoms with E-state index < -0.39 is 0 Å². The maximum Gasteiger partial charge on any atom is 0.254 e. The molecular formula is C20H25N3O. The molecule has 0 saturated carbocycles. The molecule has 4 heteroatoms. The molecule has 0 spiro atoms. The number of hydrogen-bond acceptors (Lipinski definition) is 3. The van der Waals surface area contributed by atoms with Crippen LogP contribution in [0.25, 0.3) is 0 Å². The van der Waals surface area contributed by atoms with Crippen LogP contribution in [0, 0.1) is 6.92 Å². The van der Waals surface area contributed by atoms with Gasteiger partial charge in [-0.1, -0.05) is 23.8 Å². The smallest absolute Gasteiger partial charge is 0.254 e. The van der Waals surface area contributed by atoms with E-state index in [1.54, 1.807) is 6.20 Å². The number of benzene rings is 1. The van der Waals surface area contributed by atoms with Gasteiger partial charge in [-0.2, -0.15) is 0 Å². The summed E-state index contributed by atoms with van der Waals surface area (Å²) < 4.78 is 0. The Morgan fingerprint density at radius 3 is 2.92 bits per heavy atom. The molecule has 1 saturated heterocycles. The molecule has 1 amide bonds. The van der Waals surface area contributed by atoms with E-state index in [1.807, 2.05) is 54.3 Å². The molecule has 126 valence electrons. The summed E-state index contributed by atoms with van der Waals surface area (Å²) >= 11 is 0. The van der Waals surface area contributed by atoms with E-state index in [9.17, 15) is 4.79 Å². The van der Waals surface area contributed by atoms with Gasteiger partial charge in [0, 0.05) is 17.8 Å². The van der Waals surface area contributed by atoms with Crippen LogP contribution in [0.4, 0.5) is 0 Å². The maximum atomic E-state index is 13.2. The van der Waals surface area contributed by atoms with Gasteiger partial charge in [0.15, 0.2) is 0 Å². The van der Waals surface area contributed by atoms with Crippen molar-refractivity contribution in [1.82, 2.24) is 15.2 Å². The second kappa shape index (κ2) is 8.06. The monoisotopic (exact) mass is 323 g/mol. The number of carbonyl (C=O) groups excluding carboxylic acids is 1. The number of nitrogens with zero attached hydrogens (tertiary/aromatic N) is 2. The van der Waals surface area contributed by atoms with Gasteiger partial charge in [0.05, 0.1) is 12.2 Å². The van der Waals surface area contributed by atoms with E-state index in [2.05, 4.69) is 10.3 Å². The van der Waals surface area contributed by atoms with Gasteiger partial charge in [0.1, 0.15) is 0 Å². The lowest BCUT2D eigenvalue weighted by molar-refractivity contribution is 0.0642. The van der Waals surface area contributed by atoms with Crippen molar-refractivity contribution in [3.63, 3.8) is 0 Å². The molecule has 3 rings (SSSR count). The van der Waals surface area contributed by atoms with Crippen LogP contribution in [0.15, 0.2) is 48.7 Å². The molecular weight excluding hydrogens is 298 g/mol. The fourth-order valence-corrected chi connectivity index (χ4v) is 3.29. The Balaban J connectivity index is 1.86. The van der Waals surface area contributed by atoms with Crippen LogP contribution in [-0.2, 0) is 6.54 Å². The first-order valence-corrected chi connectivity index (χ1v) is 8.72. The summed E-state index contributed by atoms with van der Waals surface area (Å²) in [7, 11) is 0. The molecule has 0 bridgehead atoms. The highest BCUT2D eigenvalue weighted by molar-refractivity contribution is 5.94. The van der Waals surface area contributed by atoms with Gasteiger partial charge in [-0.25, -0.2) is 0 Å². The number of aromatic nitrogens is 1. The fourth-order valence-electron chi connectivity index (χ4n) is 3.29. The van der Waals surface area contributed by atoms with Crippen molar-refractivity contribution < 1.29 is 4.79 Å². The summed E-state index contributed by atoms with van der Waals surface area (Å²) in [6.45, 7) is 4.59. The van der Waals surface area contributed by atoms with E-state index in [4.69, 9.17) is 0 Å². The lowest BCUT2D eigenvalue weighted by atomic mass is 10.0. The minimum absolute atomic E-state index is 0.108. The van der Waals surface area contributed by atoms with E-state index in [-0.39, 0.29) is 11.9 Å². The van der Waals surface area contributed by atoms with Crippen LogP contribution in [0.5, 0.6) is 0 Å². The van der Waals surface area contributed by atoms with E-state index in [0.717, 1.165) is 49.2 Å². The van der Waals surface area contributed by atoms with Gasteiger partial charge in [-0.15, -0.1) is 0 Å². The molecule has 2 aromatic rings. The third-order valence-corrected chi connectivity index (χ3v) is 4.57. The van der Waals surface area contributed by atoms with Crippen molar-refractivity contribution in [3.8, 4) is 0 Å². The summed E-state index contributed by atoms with van der Waals surface area (Å²) in [5, 5.41) is 3.43. The first-order chi connectivity index (χ1) is 11.7. The van der Waals surface area contributed by atoms with Crippen molar-refractivity contribution in [2.24, 2.45) is 0 Å². The standard InChI is InChI=1S/C20H25N3O/c1-16-6-4-7-17(14-16)20(24)23(15-18-8-2-3-12-22-18)19-9-5-11-21-13-10-19/h2-4,6-8,12,14,19,21H,5,9-11,13,15H2,1H3. The number of amides is 1. The highest BCUT2D eigenvalue weighted by Crippen LogP contribution is 2.20. The first kappa shape index (κ1) is 16.7. The van der Waals surface area contributed by atoms with Crippen LogP contribution in [0.3, 0.4) is 0 Å². The number of pyridine rings is 1. The van der Waals surface area contributed by atoms with Gasteiger partial charge >= 0.3 is 0 Å². The highest BCUT2D eigenvalue weighted by atomic mass is 16.2. The Morgan fingerprint density at radius 2 is 2.12 bits per heavy atom. The Morgan fingerprint density at radius 1 is 1.21 bits per heavy atom. The van der Waals surface area contributed by atoms with Crippen molar-refractivity contribution in [2.45, 2.75) is 38.8 Å². The van der Waals surface area contributed by atoms with Gasteiger partial charge in [-0.05, 0) is 63.5 Å². The molecule has 0 aliphatic carbocycles. The van der Waals surface area contributed by atoms with Gasteiger partial charge in [0.2, 0.25) is 0 Å². The molecule has 24 heavy (non-hydrogen) atoms. The molecule has 0 radical (unpaired) electrons. The van der Waals surface area contributed by atoms with E-state index >= 15 is 0 Å². The average molecular weight is 323 g/mol. The third-order valence-electron chi connectivity index (χ3n) is 4.57. The van der Waals surface area contributed by atoms with Crippen LogP contribution in [-0.4, -0.2) is 34.9 Å². The summed E-state index contributed by atoms with van der Waals surface area (Å²) in [5.74, 6) is 0.108. The number of rotatable bonds is 4. The van der Waals surface area contributed by atoms with Crippen molar-refractivity contribution in [3.05, 3.63) is 65.5 Å². The van der Waals surface area contributed by atoms with Gasteiger partial charge in [-0.3, -0.25) is 9.78 Å². The second-order valence-electron chi connectivity index (χ2n) is 6.46. The summed E-state index contributed by atoms with van der Waals surface area (Å²) in [6, 6.07) is 14.0. The zero-order valence-electron chi connectivity index (χ0n) is 14.2. The second-order valence-corrected chi connectivity index (χ2v) is 6.46. The van der Waals surface area contributed by atoms with Crippen LogP contribution >= 0.6 is 0 Å². The Bertz CT molecular complexity index is 664. The van der Waals surface area contributed by atoms with Crippen molar-refractivity contribution in [1.29, 1.82) is 0 Å². The number of aryl methyl sites for hydroxylation is 1. The molecule has 4 nitrogen and oxygen atoms in total. The number of carbonyl (C=O) groups is 1. The highest BCUT2D eigenvalue weighted by Gasteiger charge is 2.26. The SMILES string of the molecule is Cc1cccc(C(=O)N(Cc2ccccn2)C2CCCNCC2)c1. The Labute approximate surface area is 143 Å². The molecule has 1 atom stereocenters. The Hall–Kier alpha value is -2.20. The molecule has 1 aliphatic heterocycles. The first-order valence-electron chi connectivity index (χ1n) is 8.72. The predicted octanol–water partition coefficient (Wildman–Crippen LogP) is 3.17. The maximum absolute atomic E-state index is 13.2. The minimum atomic E-state index is 0.108. The number of hydrogen-bond donors (Lipinski definition) is 1. The lowest BCUT2D eigenvalue weighted by Gasteiger charge is -2.31. The summed E-state index contributed by atoms with van der Waals surface area (Å²) in [4.78, 5) is 19.6. The zero-order chi connectivity index (χ0) is 16.8. The molecule has 1 N–H and O–H groups in total. The normalized spacial score (nSPS) is 18.0. The van der Waals surface area contributed by atoms with Gasteiger partial charge in [0.25, 0.3) is 5.91 Å². The predicted molar refractivity (Wildman–Crippen MR) is 95.8 cm³/mol. The average Bonchev–Trinajstić information content (AvgIpc) is 2.89. The van der Waals surface area contributed by atoms with Crippen LogP contribution in [0.2, 0.25) is 0 Å². The molecule has 1 aromatic heterocycles. The van der Waals surface area contributed by atoms with E-state index in [1.165, 1.54) is 0 Å². The fraction of sp³-hybridized carbons (Fsp3) is 0.400. The van der Waals surface area contributed by atoms with Crippen LogP contribution < -0.4 is 5.32 Å². The largest absolute Gasteiger partial charge is 0.330 e. The molecule has 2 heterocycles. The van der Waals surface area contributed by atoms with Crippen LogP contribution in [0.1, 0.15) is 40.9 Å². The molecule has 1 unspecified atom stereocenters. The summed E-state index contributed by atoms with van der Waals surface area (Å²) in [5.41, 5.74) is 2.82. The van der Waals surface area contributed by atoms with Crippen molar-refractivity contribution >= 4 is 5.91 Å². The van der Waals surface area contributed by atoms with Gasteiger partial charge < -0.3 is 10.2 Å². The number of nitrogens with one attached hydrogen (secondary N) is 1. The Kier molecular flexibility index (Phi) is 5.59. The molecule has 1 fully saturated rings. The lowest BCUT2D eigenvalue weighted by Crippen LogP contribution is -2.40. The topological polar surface area (TPSA) is 45.2 Å². The van der Waals surface area contributed by atoms with Crippen molar-refractivity contribution in [2.75, 3.05) is 13.1 Å². The minimum Gasteiger partial charge on any atom is -0.330 e. The van der Waals surface area contributed by atoms with E-state index in [0.29, 0.717) is 6.54 Å². The third kappa shape index (κ3) is 4.20. The molecule has 1 aromatic carbocycles. The quantitative estimate of drug-likeness (QED) is 0.940.